The van der Waals surface area contributed by atoms with Gasteiger partial charge in [0.15, 0.2) is 0 Å². The predicted molar refractivity (Wildman–Crippen MR) is 84.7 cm³/mol. The normalized spacial score (nSPS) is 13.9. The molecule has 0 radical (unpaired) electrons. The van der Waals surface area contributed by atoms with E-state index in [4.69, 9.17) is 0 Å². The van der Waals surface area contributed by atoms with E-state index >= 15 is 0 Å². The quantitative estimate of drug-likeness (QED) is 0.358. The highest BCUT2D eigenvalue weighted by Gasteiger charge is 2.55. The number of unbranched alkanes of at least 4 members (excludes halogenated alkanes) is 4. The number of rotatable bonds is 8. The Labute approximate surface area is 150 Å². The largest absolute Gasteiger partial charge is 0.512 e. The molecule has 0 atom stereocenters. The average Bonchev–Trinajstić information content (AvgIpc) is 2.34. The van der Waals surface area contributed by atoms with Gasteiger partial charge in [-0.05, 0) is 12.8 Å². The maximum Gasteiger partial charge on any atom is 0.512 e. The molecule has 0 aromatic heterocycles. The molecule has 0 aliphatic carbocycles. The third-order valence-corrected chi connectivity index (χ3v) is 5.74. The minimum Gasteiger partial charge on any atom is -0.331 e. The minimum absolute atomic E-state index is 0.493. The molecule has 1 N–H and O–H groups in total. The highest BCUT2D eigenvalue weighted by Crippen LogP contribution is 2.27. The van der Waals surface area contributed by atoms with E-state index in [0.29, 0.717) is 0 Å². The molecule has 26 heavy (non-hydrogen) atoms. The van der Waals surface area contributed by atoms with Crippen molar-refractivity contribution < 1.29 is 47.7 Å². The van der Waals surface area contributed by atoms with Crippen LogP contribution in [0, 0.1) is 0 Å². The van der Waals surface area contributed by atoms with Crippen LogP contribution in [0.5, 0.6) is 0 Å². The highest BCUT2D eigenvalue weighted by molar-refractivity contribution is 8.05. The van der Waals surface area contributed by atoms with E-state index in [-0.39, 0.29) is 0 Å². The zero-order valence-corrected chi connectivity index (χ0v) is 16.5. The molecule has 0 bridgehead atoms. The van der Waals surface area contributed by atoms with Crippen molar-refractivity contribution in [1.29, 1.82) is 0 Å². The summed E-state index contributed by atoms with van der Waals surface area (Å²) in [6.45, 7) is 3.59. The van der Waals surface area contributed by atoms with Crippen LogP contribution >= 0.6 is 0 Å². The van der Waals surface area contributed by atoms with E-state index in [1.807, 2.05) is 0 Å². The molecule has 0 amide bonds. The molecule has 14 heteroatoms. The van der Waals surface area contributed by atoms with Crippen molar-refractivity contribution in [2.75, 3.05) is 27.7 Å². The number of hydrogen-bond acceptors (Lipinski definition) is 4. The average molecular weight is 439 g/mol. The van der Waals surface area contributed by atoms with Crippen LogP contribution in [0.2, 0.25) is 0 Å². The summed E-state index contributed by atoms with van der Waals surface area (Å²) in [5.41, 5.74) is -12.3. The van der Waals surface area contributed by atoms with Crippen molar-refractivity contribution in [3.63, 3.8) is 0 Å². The molecule has 0 unspecified atom stereocenters. The summed E-state index contributed by atoms with van der Waals surface area (Å²) in [5.74, 6) is 0. The zero-order chi connectivity index (χ0) is 21.4. The maximum absolute atomic E-state index is 11.5. The van der Waals surface area contributed by atoms with Gasteiger partial charge in [-0.2, -0.15) is 26.3 Å². The van der Waals surface area contributed by atoms with Crippen molar-refractivity contribution in [3.05, 3.63) is 0 Å². The molecule has 0 aliphatic rings. The van der Waals surface area contributed by atoms with E-state index in [1.165, 1.54) is 38.6 Å². The molecule has 0 saturated heterocycles. The number of quaternary nitrogens is 1. The van der Waals surface area contributed by atoms with Gasteiger partial charge in [-0.15, -0.1) is 0 Å². The fourth-order valence-electron chi connectivity index (χ4n) is 1.43. The van der Waals surface area contributed by atoms with Crippen LogP contribution in [0.3, 0.4) is 0 Å². The van der Waals surface area contributed by atoms with Gasteiger partial charge < -0.3 is 4.48 Å². The van der Waals surface area contributed by atoms with Gasteiger partial charge in [0.05, 0.1) is 27.7 Å². The van der Waals surface area contributed by atoms with Gasteiger partial charge in [0.25, 0.3) is 0 Å². The second-order valence-electron chi connectivity index (χ2n) is 6.41. The SMILES string of the molecule is CCCCCCC[N+](C)(C)C.O=S(=O)(NS(=O)(=O)C(F)(F)F)C(F)(F)F. The van der Waals surface area contributed by atoms with Gasteiger partial charge >= 0.3 is 31.1 Å². The first kappa shape index (κ1) is 27.6. The van der Waals surface area contributed by atoms with Crippen LogP contribution in [-0.4, -0.2) is 60.0 Å². The molecule has 0 saturated carbocycles. The molecule has 0 aromatic rings. The number of sulfonamides is 2. The minimum atomic E-state index is -6.60. The monoisotopic (exact) mass is 439 g/mol. The number of nitrogens with zero attached hydrogens (tertiary/aromatic N) is 1. The van der Waals surface area contributed by atoms with Crippen LogP contribution < -0.4 is 4.13 Å². The summed E-state index contributed by atoms with van der Waals surface area (Å²) < 4.78 is 109. The first-order valence-corrected chi connectivity index (χ1v) is 10.4. The van der Waals surface area contributed by atoms with Crippen LogP contribution in [0.4, 0.5) is 26.3 Å². The second-order valence-corrected chi connectivity index (χ2v) is 10.0. The van der Waals surface area contributed by atoms with Crippen LogP contribution in [0.1, 0.15) is 39.0 Å². The topological polar surface area (TPSA) is 80.3 Å². The molecule has 0 heterocycles. The molecule has 160 valence electrons. The Hall–Kier alpha value is -0.600. The number of halogens is 6. The second kappa shape index (κ2) is 10.1. The van der Waals surface area contributed by atoms with E-state index in [2.05, 4.69) is 28.1 Å². The van der Waals surface area contributed by atoms with Gasteiger partial charge in [-0.3, -0.25) is 0 Å². The number of hydrogen-bond donors (Lipinski definition) is 1. The maximum atomic E-state index is 11.5. The Morgan fingerprint density at radius 2 is 1.08 bits per heavy atom. The van der Waals surface area contributed by atoms with Crippen molar-refractivity contribution in [3.8, 4) is 0 Å². The summed E-state index contributed by atoms with van der Waals surface area (Å²) in [7, 11) is -6.40. The van der Waals surface area contributed by atoms with Gasteiger partial charge in [0.2, 0.25) is 0 Å². The first-order chi connectivity index (χ1) is 11.3. The lowest BCUT2D eigenvalue weighted by Gasteiger charge is -2.23. The molecule has 0 fully saturated rings. The van der Waals surface area contributed by atoms with Crippen molar-refractivity contribution in [1.82, 2.24) is 4.13 Å². The molecular weight excluding hydrogens is 414 g/mol. The Kier molecular flexibility index (Phi) is 10.7. The fraction of sp³-hybridized carbons (Fsp3) is 1.00. The Bertz CT molecular complexity index is 565. The van der Waals surface area contributed by atoms with Gasteiger partial charge in [0.1, 0.15) is 0 Å². The van der Waals surface area contributed by atoms with E-state index in [1.54, 1.807) is 0 Å². The number of nitrogens with one attached hydrogen (secondary N) is 1. The van der Waals surface area contributed by atoms with Gasteiger partial charge in [-0.25, -0.2) is 16.8 Å². The van der Waals surface area contributed by atoms with Crippen molar-refractivity contribution >= 4 is 20.0 Å². The lowest BCUT2D eigenvalue weighted by atomic mass is 10.1. The predicted octanol–water partition coefficient (Wildman–Crippen LogP) is 2.94. The van der Waals surface area contributed by atoms with Crippen LogP contribution in [0.25, 0.3) is 0 Å². The standard InChI is InChI=1S/C10H24N.C2HF6NO4S2/c1-5-6-7-8-9-10-11(2,3)4;3-1(4,5)14(10,11)9-15(12,13)2(6,7)8/h5-10H2,1-4H3;9H/q+1;. The molecule has 0 spiro atoms. The summed E-state index contributed by atoms with van der Waals surface area (Å²) in [4.78, 5) is 0. The molecule has 0 rings (SSSR count). The zero-order valence-electron chi connectivity index (χ0n) is 14.9. The first-order valence-electron chi connectivity index (χ1n) is 7.48. The van der Waals surface area contributed by atoms with Crippen molar-refractivity contribution in [2.45, 2.75) is 50.0 Å². The van der Waals surface area contributed by atoms with Crippen LogP contribution in [0.15, 0.2) is 0 Å². The summed E-state index contributed by atoms with van der Waals surface area (Å²) in [5, 5.41) is 0. The molecule has 0 aromatic carbocycles. The van der Waals surface area contributed by atoms with Gasteiger partial charge in [0, 0.05) is 0 Å². The summed E-state index contributed by atoms with van der Waals surface area (Å²) in [6, 6.07) is 0. The Morgan fingerprint density at radius 3 is 1.35 bits per heavy atom. The highest BCUT2D eigenvalue weighted by atomic mass is 32.3. The van der Waals surface area contributed by atoms with Crippen molar-refractivity contribution in [2.24, 2.45) is 0 Å². The smallest absolute Gasteiger partial charge is 0.331 e. The molecule has 6 nitrogen and oxygen atoms in total. The molecule has 0 aliphatic heterocycles. The third kappa shape index (κ3) is 11.9. The Balaban J connectivity index is 0. The summed E-state index contributed by atoms with van der Waals surface area (Å²) >= 11 is 0. The summed E-state index contributed by atoms with van der Waals surface area (Å²) in [6.07, 6.45) is 7.00. The molecular formula is C12H25F6N2O4S2+. The number of alkyl halides is 6. The lowest BCUT2D eigenvalue weighted by Crippen LogP contribution is -2.45. The Morgan fingerprint density at radius 1 is 0.731 bits per heavy atom. The van der Waals surface area contributed by atoms with E-state index in [9.17, 15) is 43.2 Å². The third-order valence-electron chi connectivity index (χ3n) is 2.76. The van der Waals surface area contributed by atoms with E-state index < -0.39 is 35.2 Å². The van der Waals surface area contributed by atoms with E-state index in [0.717, 1.165) is 4.48 Å². The lowest BCUT2D eigenvalue weighted by molar-refractivity contribution is -0.870. The fourth-order valence-corrected chi connectivity index (χ4v) is 3.34. The van der Waals surface area contributed by atoms with Gasteiger partial charge in [-0.1, -0.05) is 30.3 Å². The van der Waals surface area contributed by atoms with Crippen LogP contribution in [-0.2, 0) is 20.0 Å².